The van der Waals surface area contributed by atoms with Crippen LogP contribution in [0.2, 0.25) is 10.0 Å². The molecule has 3 aromatic rings. The molecule has 32 heavy (non-hydrogen) atoms. The average molecular weight is 491 g/mol. The van der Waals surface area contributed by atoms with Crippen LogP contribution in [0.4, 0.5) is 5.69 Å². The highest BCUT2D eigenvalue weighted by atomic mass is 35.5. The third-order valence-electron chi connectivity index (χ3n) is 5.46. The minimum absolute atomic E-state index is 0.0798. The number of anilines is 1. The number of benzene rings is 3. The molecule has 0 aromatic heterocycles. The number of hydrogen-bond donors (Lipinski definition) is 2. The Morgan fingerprint density at radius 2 is 1.81 bits per heavy atom. The Kier molecular flexibility index (Phi) is 6.29. The molecule has 0 saturated carbocycles. The molecule has 4 rings (SSSR count). The number of rotatable bonds is 4. The van der Waals surface area contributed by atoms with E-state index >= 15 is 0 Å². The second-order valence-corrected chi connectivity index (χ2v) is 10.0. The maximum absolute atomic E-state index is 12.5. The smallest absolute Gasteiger partial charge is 0.294 e. The Bertz CT molecular complexity index is 1290. The van der Waals surface area contributed by atoms with Crippen LogP contribution in [0.25, 0.3) is 0 Å². The zero-order valence-electron chi connectivity index (χ0n) is 17.0. The fourth-order valence-electron chi connectivity index (χ4n) is 3.93. The zero-order valence-corrected chi connectivity index (χ0v) is 19.4. The lowest BCUT2D eigenvalue weighted by atomic mass is 9.84. The van der Waals surface area contributed by atoms with Gasteiger partial charge in [-0.25, -0.2) is 0 Å². The van der Waals surface area contributed by atoms with Crippen molar-refractivity contribution >= 4 is 44.9 Å². The molecule has 0 bridgehead atoms. The maximum atomic E-state index is 12.5. The number of amides is 1. The normalized spacial score (nSPS) is 16.4. The first kappa shape index (κ1) is 22.8. The number of nitrogens with one attached hydrogen (secondary N) is 1. The Morgan fingerprint density at radius 3 is 2.50 bits per heavy atom. The van der Waals surface area contributed by atoms with Gasteiger partial charge in [-0.05, 0) is 66.2 Å². The minimum Gasteiger partial charge on any atom is -0.322 e. The third kappa shape index (κ3) is 4.82. The van der Waals surface area contributed by atoms with E-state index in [1.165, 1.54) is 18.2 Å². The second-order valence-electron chi connectivity index (χ2n) is 7.78. The van der Waals surface area contributed by atoms with Gasteiger partial charge in [0, 0.05) is 40.3 Å². The van der Waals surface area contributed by atoms with E-state index in [2.05, 4.69) is 10.2 Å². The summed E-state index contributed by atoms with van der Waals surface area (Å²) in [4.78, 5) is 14.4. The lowest BCUT2D eigenvalue weighted by molar-refractivity contribution is 0.102. The maximum Gasteiger partial charge on any atom is 0.294 e. The van der Waals surface area contributed by atoms with Crippen LogP contribution < -0.4 is 5.32 Å². The van der Waals surface area contributed by atoms with Crippen LogP contribution in [0.5, 0.6) is 0 Å². The van der Waals surface area contributed by atoms with E-state index in [0.29, 0.717) is 15.7 Å². The van der Waals surface area contributed by atoms with E-state index < -0.39 is 16.0 Å². The van der Waals surface area contributed by atoms with Gasteiger partial charge in [0.2, 0.25) is 0 Å². The molecule has 0 saturated heterocycles. The summed E-state index contributed by atoms with van der Waals surface area (Å²) in [5.74, 6) is -0.402. The van der Waals surface area contributed by atoms with Crippen molar-refractivity contribution in [3.8, 4) is 0 Å². The summed E-state index contributed by atoms with van der Waals surface area (Å²) in [6, 6.07) is 16.4. The molecule has 0 spiro atoms. The van der Waals surface area contributed by atoms with Crippen molar-refractivity contribution in [1.29, 1.82) is 0 Å². The number of hydrogen-bond acceptors (Lipinski definition) is 4. The van der Waals surface area contributed by atoms with Crippen LogP contribution in [0, 0.1) is 0 Å². The molecule has 0 aliphatic carbocycles. The monoisotopic (exact) mass is 490 g/mol. The highest BCUT2D eigenvalue weighted by Gasteiger charge is 2.27. The molecule has 1 amide bonds. The van der Waals surface area contributed by atoms with Crippen LogP contribution >= 0.6 is 23.2 Å². The van der Waals surface area contributed by atoms with Crippen LogP contribution in [0.3, 0.4) is 0 Å². The topological polar surface area (TPSA) is 86.7 Å². The first-order valence-electron chi connectivity index (χ1n) is 9.77. The predicted octanol–water partition coefficient (Wildman–Crippen LogP) is 5.07. The lowest BCUT2D eigenvalue weighted by Crippen LogP contribution is -2.31. The van der Waals surface area contributed by atoms with Gasteiger partial charge in [-0.2, -0.15) is 8.42 Å². The zero-order chi connectivity index (χ0) is 23.0. The van der Waals surface area contributed by atoms with Gasteiger partial charge in [-0.3, -0.25) is 9.35 Å². The first-order chi connectivity index (χ1) is 15.1. The Balaban J connectivity index is 1.57. The van der Waals surface area contributed by atoms with E-state index in [4.69, 9.17) is 23.2 Å². The summed E-state index contributed by atoms with van der Waals surface area (Å²) in [6.45, 7) is 1.55. The highest BCUT2D eigenvalue weighted by molar-refractivity contribution is 7.85. The second kappa shape index (κ2) is 8.84. The van der Waals surface area contributed by atoms with Gasteiger partial charge < -0.3 is 10.2 Å². The van der Waals surface area contributed by atoms with E-state index in [9.17, 15) is 17.8 Å². The number of halogens is 2. The average Bonchev–Trinajstić information content (AvgIpc) is 2.74. The summed E-state index contributed by atoms with van der Waals surface area (Å²) in [6.07, 6.45) is 0. The Hall–Kier alpha value is -2.42. The molecule has 1 heterocycles. The summed E-state index contributed by atoms with van der Waals surface area (Å²) in [5, 5.41) is 3.99. The van der Waals surface area contributed by atoms with Crippen molar-refractivity contribution in [2.45, 2.75) is 17.4 Å². The van der Waals surface area contributed by atoms with Crippen molar-refractivity contribution < 1.29 is 17.8 Å². The van der Waals surface area contributed by atoms with Gasteiger partial charge in [0.05, 0.1) is 4.90 Å². The van der Waals surface area contributed by atoms with Crippen molar-refractivity contribution in [2.24, 2.45) is 0 Å². The number of fused-ring (bicyclic) bond motifs is 1. The third-order valence-corrected chi connectivity index (χ3v) is 6.86. The molecule has 9 heteroatoms. The first-order valence-corrected chi connectivity index (χ1v) is 12.0. The highest BCUT2D eigenvalue weighted by Crippen LogP contribution is 2.38. The van der Waals surface area contributed by atoms with Crippen LogP contribution in [-0.2, 0) is 16.7 Å². The van der Waals surface area contributed by atoms with Gasteiger partial charge in [0.15, 0.2) is 0 Å². The molecule has 0 radical (unpaired) electrons. The van der Waals surface area contributed by atoms with Crippen molar-refractivity contribution in [1.82, 2.24) is 4.90 Å². The molecule has 0 fully saturated rings. The van der Waals surface area contributed by atoms with Gasteiger partial charge in [-0.15, -0.1) is 0 Å². The lowest BCUT2D eigenvalue weighted by Gasteiger charge is -2.33. The quantitative estimate of drug-likeness (QED) is 0.498. The molecule has 1 aliphatic rings. The molecule has 6 nitrogen and oxygen atoms in total. The summed E-state index contributed by atoms with van der Waals surface area (Å²) < 4.78 is 31.8. The Labute approximate surface area is 196 Å². The van der Waals surface area contributed by atoms with Crippen molar-refractivity contribution in [2.75, 3.05) is 18.9 Å². The fourth-order valence-corrected chi connectivity index (χ4v) is 5.03. The molecular weight excluding hydrogens is 471 g/mol. The summed E-state index contributed by atoms with van der Waals surface area (Å²) in [5.41, 5.74) is 3.90. The van der Waals surface area contributed by atoms with E-state index in [-0.39, 0.29) is 16.4 Å². The molecule has 3 aromatic carbocycles. The van der Waals surface area contributed by atoms with Gasteiger partial charge in [0.25, 0.3) is 16.0 Å². The molecular formula is C23H20Cl2N2O4S. The van der Waals surface area contributed by atoms with E-state index in [1.807, 2.05) is 25.2 Å². The predicted molar refractivity (Wildman–Crippen MR) is 125 cm³/mol. The Morgan fingerprint density at radius 1 is 1.09 bits per heavy atom. The van der Waals surface area contributed by atoms with Crippen LogP contribution in [0.1, 0.15) is 33.0 Å². The SMILES string of the molecule is CN1Cc2c(Cl)cc(Cl)cc2C(c2ccc(NC(=O)c3cccc(S(=O)(=O)O)c3)cc2)C1. The number of carbonyl (C=O) groups excluding carboxylic acids is 1. The number of nitrogens with zero attached hydrogens (tertiary/aromatic N) is 1. The van der Waals surface area contributed by atoms with Gasteiger partial charge >= 0.3 is 0 Å². The van der Waals surface area contributed by atoms with Crippen molar-refractivity contribution in [3.05, 3.63) is 93.0 Å². The number of likely N-dealkylation sites (N-methyl/N-ethyl adjacent to an activating group) is 1. The number of carbonyl (C=O) groups is 1. The fraction of sp³-hybridized carbons (Fsp3) is 0.174. The molecule has 1 aliphatic heterocycles. The standard InChI is InChI=1S/C23H20Cl2N2O4S/c1-27-12-20(19-10-16(24)11-22(25)21(19)13-27)14-5-7-17(8-6-14)26-23(28)15-3-2-4-18(9-15)32(29,30)31/h2-11,20H,12-13H2,1H3,(H,26,28)(H,29,30,31). The summed E-state index contributed by atoms with van der Waals surface area (Å²) >= 11 is 12.7. The largest absolute Gasteiger partial charge is 0.322 e. The molecule has 2 N–H and O–H groups in total. The minimum atomic E-state index is -4.39. The van der Waals surface area contributed by atoms with Crippen molar-refractivity contribution in [3.63, 3.8) is 0 Å². The van der Waals surface area contributed by atoms with E-state index in [0.717, 1.165) is 35.8 Å². The molecule has 166 valence electrons. The molecule has 1 atom stereocenters. The summed E-state index contributed by atoms with van der Waals surface area (Å²) in [7, 11) is -2.35. The van der Waals surface area contributed by atoms with Crippen LogP contribution in [0.15, 0.2) is 65.6 Å². The van der Waals surface area contributed by atoms with Crippen LogP contribution in [-0.4, -0.2) is 37.4 Å². The van der Waals surface area contributed by atoms with E-state index in [1.54, 1.807) is 18.2 Å². The van der Waals surface area contributed by atoms with Gasteiger partial charge in [0.1, 0.15) is 0 Å². The molecule has 1 unspecified atom stereocenters. The van der Waals surface area contributed by atoms with Gasteiger partial charge in [-0.1, -0.05) is 41.4 Å².